The van der Waals surface area contributed by atoms with Gasteiger partial charge in [-0.15, -0.1) is 0 Å². The molecule has 2 rings (SSSR count). The zero-order chi connectivity index (χ0) is 10.5. The van der Waals surface area contributed by atoms with Gasteiger partial charge in [0, 0.05) is 5.69 Å². The average Bonchev–Trinajstić information content (AvgIpc) is 2.57. The fourth-order valence-electron chi connectivity index (χ4n) is 2.19. The van der Waals surface area contributed by atoms with Crippen molar-refractivity contribution in [3.05, 3.63) is 17.2 Å². The molecular weight excluding hydrogens is 186 g/mol. The maximum Gasteiger partial charge on any atom is 0.120 e. The minimum Gasteiger partial charge on any atom is -0.345 e. The van der Waals surface area contributed by atoms with E-state index in [0.29, 0.717) is 0 Å². The predicted octanol–water partition coefficient (Wildman–Crippen LogP) is 2.18. The van der Waals surface area contributed by atoms with Crippen LogP contribution in [0.4, 0.5) is 0 Å². The molecular formula is C12H21N3. The Morgan fingerprint density at radius 2 is 2.00 bits per heavy atom. The van der Waals surface area contributed by atoms with E-state index >= 15 is 0 Å². The third-order valence-corrected chi connectivity index (χ3v) is 3.05. The molecule has 0 fully saturated rings. The van der Waals surface area contributed by atoms with Crippen LogP contribution in [0, 0.1) is 0 Å². The Labute approximate surface area is 91.7 Å². The summed E-state index contributed by atoms with van der Waals surface area (Å²) in [6.45, 7) is 4.01. The number of hydrogen-bond donors (Lipinski definition) is 2. The Hall–Kier alpha value is -0.830. The highest BCUT2D eigenvalue weighted by Crippen LogP contribution is 2.18. The molecule has 0 amide bonds. The van der Waals surface area contributed by atoms with Crippen LogP contribution in [0.3, 0.4) is 0 Å². The van der Waals surface area contributed by atoms with Gasteiger partial charge in [0.1, 0.15) is 5.82 Å². The third kappa shape index (κ3) is 2.81. The number of rotatable bonds is 3. The molecule has 0 unspecified atom stereocenters. The van der Waals surface area contributed by atoms with E-state index in [1.807, 2.05) is 0 Å². The topological polar surface area (TPSA) is 40.7 Å². The van der Waals surface area contributed by atoms with E-state index in [9.17, 15) is 0 Å². The number of aromatic amines is 1. The number of aryl methyl sites for hydroxylation is 2. The Morgan fingerprint density at radius 1 is 1.20 bits per heavy atom. The second kappa shape index (κ2) is 5.31. The van der Waals surface area contributed by atoms with Crippen LogP contribution >= 0.6 is 0 Å². The molecule has 1 aromatic heterocycles. The lowest BCUT2D eigenvalue weighted by Crippen LogP contribution is -2.12. The first-order valence-electron chi connectivity index (χ1n) is 6.17. The van der Waals surface area contributed by atoms with Gasteiger partial charge in [-0.2, -0.15) is 0 Å². The van der Waals surface area contributed by atoms with Gasteiger partial charge < -0.3 is 10.3 Å². The van der Waals surface area contributed by atoms with Gasteiger partial charge in [0.05, 0.1) is 12.2 Å². The molecule has 0 saturated heterocycles. The normalized spacial score (nSPS) is 16.9. The van der Waals surface area contributed by atoms with Crippen LogP contribution in [0.15, 0.2) is 0 Å². The number of aromatic nitrogens is 2. The van der Waals surface area contributed by atoms with E-state index in [1.165, 1.54) is 43.5 Å². The Balaban J connectivity index is 2.06. The number of hydrogen-bond acceptors (Lipinski definition) is 2. The smallest absolute Gasteiger partial charge is 0.120 e. The van der Waals surface area contributed by atoms with Crippen molar-refractivity contribution in [1.29, 1.82) is 0 Å². The summed E-state index contributed by atoms with van der Waals surface area (Å²) in [6.07, 6.45) is 7.72. The van der Waals surface area contributed by atoms with Crippen LogP contribution in [0.25, 0.3) is 0 Å². The molecule has 0 aliphatic heterocycles. The van der Waals surface area contributed by atoms with E-state index in [2.05, 4.69) is 22.2 Å². The summed E-state index contributed by atoms with van der Waals surface area (Å²) >= 11 is 0. The monoisotopic (exact) mass is 207 g/mol. The van der Waals surface area contributed by atoms with Gasteiger partial charge in [0.2, 0.25) is 0 Å². The van der Waals surface area contributed by atoms with Crippen molar-refractivity contribution in [2.45, 2.75) is 52.0 Å². The van der Waals surface area contributed by atoms with Crippen molar-refractivity contribution in [2.75, 3.05) is 6.54 Å². The lowest BCUT2D eigenvalue weighted by molar-refractivity contribution is 0.608. The zero-order valence-electron chi connectivity index (χ0n) is 9.60. The van der Waals surface area contributed by atoms with Gasteiger partial charge in [-0.1, -0.05) is 19.8 Å². The lowest BCUT2D eigenvalue weighted by Gasteiger charge is -2.06. The predicted molar refractivity (Wildman–Crippen MR) is 61.8 cm³/mol. The molecule has 84 valence electrons. The molecule has 1 heterocycles. The van der Waals surface area contributed by atoms with E-state index in [0.717, 1.165) is 25.3 Å². The molecule has 1 aliphatic carbocycles. The minimum atomic E-state index is 0.878. The molecule has 3 heteroatoms. The van der Waals surface area contributed by atoms with Crippen molar-refractivity contribution in [2.24, 2.45) is 0 Å². The van der Waals surface area contributed by atoms with Crippen LogP contribution < -0.4 is 5.32 Å². The van der Waals surface area contributed by atoms with Crippen molar-refractivity contribution in [1.82, 2.24) is 15.3 Å². The van der Waals surface area contributed by atoms with Crippen molar-refractivity contribution in [3.8, 4) is 0 Å². The quantitative estimate of drug-likeness (QED) is 0.797. The number of imidazole rings is 1. The summed E-state index contributed by atoms with van der Waals surface area (Å²) in [4.78, 5) is 8.13. The largest absolute Gasteiger partial charge is 0.345 e. The summed E-state index contributed by atoms with van der Waals surface area (Å²) in [5.74, 6) is 1.11. The fourth-order valence-corrected chi connectivity index (χ4v) is 2.19. The molecule has 1 aliphatic rings. The molecule has 1 aromatic rings. The van der Waals surface area contributed by atoms with Crippen LogP contribution in [-0.4, -0.2) is 16.5 Å². The van der Waals surface area contributed by atoms with Gasteiger partial charge in [0.25, 0.3) is 0 Å². The van der Waals surface area contributed by atoms with E-state index in [-0.39, 0.29) is 0 Å². The molecule has 0 radical (unpaired) electrons. The van der Waals surface area contributed by atoms with Crippen LogP contribution in [-0.2, 0) is 19.4 Å². The minimum absolute atomic E-state index is 0.878. The highest BCUT2D eigenvalue weighted by molar-refractivity contribution is 5.16. The van der Waals surface area contributed by atoms with Crippen LogP contribution in [0.5, 0.6) is 0 Å². The number of H-pyrrole nitrogens is 1. The van der Waals surface area contributed by atoms with Crippen molar-refractivity contribution >= 4 is 0 Å². The molecule has 0 aromatic carbocycles. The zero-order valence-corrected chi connectivity index (χ0v) is 9.60. The molecule has 0 atom stereocenters. The Bertz CT molecular complexity index is 278. The summed E-state index contributed by atoms with van der Waals surface area (Å²) < 4.78 is 0. The van der Waals surface area contributed by atoms with E-state index < -0.39 is 0 Å². The second-order valence-electron chi connectivity index (χ2n) is 4.30. The van der Waals surface area contributed by atoms with Gasteiger partial charge in [-0.25, -0.2) is 4.98 Å². The first kappa shape index (κ1) is 10.7. The maximum atomic E-state index is 4.67. The van der Waals surface area contributed by atoms with E-state index in [4.69, 9.17) is 0 Å². The molecule has 0 spiro atoms. The second-order valence-corrected chi connectivity index (χ2v) is 4.30. The number of fused-ring (bicyclic) bond motifs is 1. The third-order valence-electron chi connectivity index (χ3n) is 3.05. The average molecular weight is 207 g/mol. The summed E-state index contributed by atoms with van der Waals surface area (Å²) in [7, 11) is 0. The maximum absolute atomic E-state index is 4.67. The molecule has 0 saturated carbocycles. The van der Waals surface area contributed by atoms with Gasteiger partial charge >= 0.3 is 0 Å². The molecule has 2 N–H and O–H groups in total. The first-order chi connectivity index (χ1) is 7.40. The Kier molecular flexibility index (Phi) is 3.78. The Morgan fingerprint density at radius 3 is 2.80 bits per heavy atom. The molecule has 3 nitrogen and oxygen atoms in total. The van der Waals surface area contributed by atoms with Crippen molar-refractivity contribution in [3.63, 3.8) is 0 Å². The van der Waals surface area contributed by atoms with Crippen molar-refractivity contribution < 1.29 is 0 Å². The highest BCUT2D eigenvalue weighted by atomic mass is 15.0. The summed E-state index contributed by atoms with van der Waals surface area (Å²) in [6, 6.07) is 0. The van der Waals surface area contributed by atoms with Gasteiger partial charge in [0.15, 0.2) is 0 Å². The molecule has 0 bridgehead atoms. The highest BCUT2D eigenvalue weighted by Gasteiger charge is 2.11. The van der Waals surface area contributed by atoms with Crippen LogP contribution in [0.2, 0.25) is 0 Å². The van der Waals surface area contributed by atoms with Crippen LogP contribution in [0.1, 0.15) is 49.8 Å². The van der Waals surface area contributed by atoms with Gasteiger partial charge in [-0.3, -0.25) is 0 Å². The summed E-state index contributed by atoms with van der Waals surface area (Å²) in [5, 5.41) is 3.31. The molecule has 15 heavy (non-hydrogen) atoms. The number of nitrogens with one attached hydrogen (secondary N) is 2. The summed E-state index contributed by atoms with van der Waals surface area (Å²) in [5.41, 5.74) is 2.71. The van der Waals surface area contributed by atoms with E-state index in [1.54, 1.807) is 0 Å². The lowest BCUT2D eigenvalue weighted by atomic mass is 10.0. The fraction of sp³-hybridized carbons (Fsp3) is 0.750. The first-order valence-corrected chi connectivity index (χ1v) is 6.17. The standard InChI is InChI=1S/C12H21N3/c1-2-13-9-12-14-10-7-5-3-4-6-8-11(10)15-12/h13H,2-9H2,1H3,(H,14,15). The number of nitrogens with zero attached hydrogens (tertiary/aromatic N) is 1. The SMILES string of the molecule is CCNCc1nc2c([nH]1)CCCCCC2. The van der Waals surface area contributed by atoms with Gasteiger partial charge in [-0.05, 0) is 32.2 Å².